The van der Waals surface area contributed by atoms with Crippen LogP contribution in [0.1, 0.15) is 72.9 Å². The van der Waals surface area contributed by atoms with Crippen LogP contribution in [-0.4, -0.2) is 0 Å². The molecule has 11 rings (SSSR count). The van der Waals surface area contributed by atoms with E-state index in [4.69, 9.17) is 0 Å². The van der Waals surface area contributed by atoms with Crippen molar-refractivity contribution in [2.45, 2.75) is 70.6 Å². The van der Waals surface area contributed by atoms with Gasteiger partial charge in [0.1, 0.15) is 0 Å². The van der Waals surface area contributed by atoms with E-state index in [-0.39, 0.29) is 5.41 Å². The minimum absolute atomic E-state index is 0.00844. The maximum absolute atomic E-state index is 2.58. The van der Waals surface area contributed by atoms with E-state index >= 15 is 0 Å². The summed E-state index contributed by atoms with van der Waals surface area (Å²) >= 11 is 0. The highest BCUT2D eigenvalue weighted by molar-refractivity contribution is 5.89. The number of benzene rings is 8. The molecule has 0 unspecified atom stereocenters. The molecule has 0 radical (unpaired) electrons. The van der Waals surface area contributed by atoms with Gasteiger partial charge in [-0.3, -0.25) is 0 Å². The molecule has 1 nitrogen and oxygen atoms in total. The van der Waals surface area contributed by atoms with Crippen LogP contribution in [-0.2, 0) is 31.1 Å². The fraction of sp³-hybridized carbons (Fsp3) is 0.186. The number of hydrogen-bond donors (Lipinski definition) is 0. The largest absolute Gasteiger partial charge is 0.311 e. The summed E-state index contributed by atoms with van der Waals surface area (Å²) in [5.74, 6) is 0. The smallest absolute Gasteiger partial charge is 0.0462 e. The average Bonchev–Trinajstić information content (AvgIpc) is 3.54. The molecule has 0 atom stereocenters. The van der Waals surface area contributed by atoms with Crippen molar-refractivity contribution in [3.63, 3.8) is 0 Å². The van der Waals surface area contributed by atoms with E-state index in [1.165, 1.54) is 92.6 Å². The predicted octanol–water partition coefficient (Wildman–Crippen LogP) is 15.9. The number of fused-ring (bicyclic) bond motifs is 5. The predicted molar refractivity (Wildman–Crippen MR) is 254 cm³/mol. The third kappa shape index (κ3) is 6.22. The molecule has 0 heterocycles. The molecule has 0 aliphatic heterocycles. The molecule has 0 spiro atoms. The molecule has 60 heavy (non-hydrogen) atoms. The summed E-state index contributed by atoms with van der Waals surface area (Å²) in [6.45, 7) is 4.83. The molecule has 0 saturated carbocycles. The summed E-state index contributed by atoms with van der Waals surface area (Å²) in [4.78, 5) is 2.41. The Balaban J connectivity index is 1.01. The monoisotopic (exact) mass is 773 g/mol. The van der Waals surface area contributed by atoms with Gasteiger partial charge in [0.15, 0.2) is 0 Å². The van der Waals surface area contributed by atoms with Gasteiger partial charge in [0, 0.05) is 22.5 Å². The standard InChI is InChI=1S/C59H51N/c1-59(2)55-24-14-13-19-49(55)50-38-31-45(39-56(50)59)58-53-22-11-9-20-51(53)57(52-21-10-12-23-54(52)58)44-29-36-48(37-30-44)60(46-32-25-42(26-33-46)40-15-5-3-6-16-40)47-34-27-43(28-35-47)41-17-7-4-8-18-41/h3-8,13-19,24-39H,9-12,20-23H2,1-2H3. The molecule has 0 N–H and O–H groups in total. The van der Waals surface area contributed by atoms with Gasteiger partial charge in [-0.25, -0.2) is 0 Å². The SMILES string of the molecule is CC1(C)c2ccccc2-c2ccc(-c3c4c(c(-c5ccc(N(c6ccc(-c7ccccc7)cc6)c6ccc(-c7ccccc7)cc6)cc5)c5c3CCCC5)CCCC4)cc21. The maximum atomic E-state index is 2.58. The van der Waals surface area contributed by atoms with Crippen molar-refractivity contribution >= 4 is 17.1 Å². The molecular weight excluding hydrogens is 723 g/mol. The summed E-state index contributed by atoms with van der Waals surface area (Å²) in [6.07, 6.45) is 9.68. The van der Waals surface area contributed by atoms with Crippen LogP contribution in [0.25, 0.3) is 55.6 Å². The Morgan fingerprint density at radius 2 is 0.700 bits per heavy atom. The lowest BCUT2D eigenvalue weighted by Gasteiger charge is -2.32. The molecule has 292 valence electrons. The van der Waals surface area contributed by atoms with Crippen molar-refractivity contribution in [2.75, 3.05) is 4.90 Å². The van der Waals surface area contributed by atoms with Gasteiger partial charge in [-0.15, -0.1) is 0 Å². The molecule has 0 bridgehead atoms. The van der Waals surface area contributed by atoms with Crippen LogP contribution in [0.15, 0.2) is 176 Å². The highest BCUT2D eigenvalue weighted by atomic mass is 15.1. The fourth-order valence-electron chi connectivity index (χ4n) is 10.9. The lowest BCUT2D eigenvalue weighted by molar-refractivity contribution is 0.658. The number of nitrogens with zero attached hydrogens (tertiary/aromatic N) is 1. The second kappa shape index (κ2) is 15.0. The van der Waals surface area contributed by atoms with Crippen molar-refractivity contribution in [1.82, 2.24) is 0 Å². The number of rotatable bonds is 7. The van der Waals surface area contributed by atoms with Crippen LogP contribution in [0, 0.1) is 0 Å². The Bertz CT molecular complexity index is 2730. The molecular formula is C59H51N. The minimum atomic E-state index is -0.00844. The average molecular weight is 774 g/mol. The first kappa shape index (κ1) is 36.6. The first-order valence-electron chi connectivity index (χ1n) is 22.2. The highest BCUT2D eigenvalue weighted by Gasteiger charge is 2.36. The van der Waals surface area contributed by atoms with Gasteiger partial charge in [0.05, 0.1) is 0 Å². The number of anilines is 3. The number of hydrogen-bond acceptors (Lipinski definition) is 1. The van der Waals surface area contributed by atoms with Crippen LogP contribution < -0.4 is 4.90 Å². The van der Waals surface area contributed by atoms with Crippen molar-refractivity contribution in [3.8, 4) is 55.6 Å². The summed E-state index contributed by atoms with van der Waals surface area (Å²) in [6, 6.07) is 65.5. The molecule has 0 fully saturated rings. The summed E-state index contributed by atoms with van der Waals surface area (Å²) in [5.41, 5.74) is 26.5. The normalized spacial score (nSPS) is 14.8. The first-order valence-corrected chi connectivity index (χ1v) is 22.2. The van der Waals surface area contributed by atoms with E-state index in [1.807, 2.05) is 0 Å². The van der Waals surface area contributed by atoms with Crippen LogP contribution in [0.5, 0.6) is 0 Å². The van der Waals surface area contributed by atoms with Gasteiger partial charge in [0.2, 0.25) is 0 Å². The quantitative estimate of drug-likeness (QED) is 0.156. The van der Waals surface area contributed by atoms with Crippen LogP contribution in [0.3, 0.4) is 0 Å². The molecule has 0 aromatic heterocycles. The molecule has 0 amide bonds. The molecule has 8 aromatic rings. The van der Waals surface area contributed by atoms with Gasteiger partial charge >= 0.3 is 0 Å². The summed E-state index contributed by atoms with van der Waals surface area (Å²) < 4.78 is 0. The zero-order valence-corrected chi connectivity index (χ0v) is 34.8. The van der Waals surface area contributed by atoms with Gasteiger partial charge in [-0.05, 0) is 183 Å². The zero-order chi connectivity index (χ0) is 40.2. The van der Waals surface area contributed by atoms with Gasteiger partial charge in [0.25, 0.3) is 0 Å². The van der Waals surface area contributed by atoms with E-state index in [2.05, 4.69) is 195 Å². The van der Waals surface area contributed by atoms with E-state index in [9.17, 15) is 0 Å². The van der Waals surface area contributed by atoms with Crippen LogP contribution in [0.4, 0.5) is 17.1 Å². The first-order chi connectivity index (χ1) is 29.5. The summed E-state index contributed by atoms with van der Waals surface area (Å²) in [7, 11) is 0. The van der Waals surface area contributed by atoms with E-state index in [1.54, 1.807) is 27.8 Å². The molecule has 3 aliphatic rings. The Kier molecular flexibility index (Phi) is 9.15. The van der Waals surface area contributed by atoms with Crippen molar-refractivity contribution in [1.29, 1.82) is 0 Å². The Morgan fingerprint density at radius 3 is 1.18 bits per heavy atom. The van der Waals surface area contributed by atoms with E-state index in [0.717, 1.165) is 37.1 Å². The maximum Gasteiger partial charge on any atom is 0.0462 e. The third-order valence-corrected chi connectivity index (χ3v) is 13.9. The van der Waals surface area contributed by atoms with E-state index < -0.39 is 0 Å². The Hall–Kier alpha value is -6.44. The second-order valence-electron chi connectivity index (χ2n) is 17.7. The van der Waals surface area contributed by atoms with Gasteiger partial charge in [-0.2, -0.15) is 0 Å². The molecule has 8 aromatic carbocycles. The Morgan fingerprint density at radius 1 is 0.333 bits per heavy atom. The van der Waals surface area contributed by atoms with Crippen LogP contribution in [0.2, 0.25) is 0 Å². The zero-order valence-electron chi connectivity index (χ0n) is 34.8. The third-order valence-electron chi connectivity index (χ3n) is 13.9. The molecule has 1 heteroatoms. The highest BCUT2D eigenvalue weighted by Crippen LogP contribution is 2.52. The topological polar surface area (TPSA) is 3.24 Å². The molecule has 0 saturated heterocycles. The van der Waals surface area contributed by atoms with Crippen molar-refractivity contribution < 1.29 is 0 Å². The van der Waals surface area contributed by atoms with Crippen LogP contribution >= 0.6 is 0 Å². The lowest BCUT2D eigenvalue weighted by Crippen LogP contribution is -2.17. The Labute approximate surface area is 356 Å². The van der Waals surface area contributed by atoms with Crippen molar-refractivity contribution in [3.05, 3.63) is 209 Å². The lowest BCUT2D eigenvalue weighted by atomic mass is 9.72. The fourth-order valence-corrected chi connectivity index (χ4v) is 10.9. The van der Waals surface area contributed by atoms with Crippen molar-refractivity contribution in [2.24, 2.45) is 0 Å². The minimum Gasteiger partial charge on any atom is -0.311 e. The second-order valence-corrected chi connectivity index (χ2v) is 17.7. The summed E-state index contributed by atoms with van der Waals surface area (Å²) in [5, 5.41) is 0. The van der Waals surface area contributed by atoms with E-state index in [0.29, 0.717) is 0 Å². The van der Waals surface area contributed by atoms with Gasteiger partial charge in [-0.1, -0.05) is 147 Å². The van der Waals surface area contributed by atoms with Gasteiger partial charge < -0.3 is 4.90 Å². The molecule has 3 aliphatic carbocycles.